The van der Waals surface area contributed by atoms with Gasteiger partial charge in [0, 0.05) is 27.3 Å². The molecule has 0 unspecified atom stereocenters. The molecule has 0 aliphatic rings. The molecule has 12 aromatic rings. The van der Waals surface area contributed by atoms with Gasteiger partial charge in [-0.3, -0.25) is 0 Å². The van der Waals surface area contributed by atoms with Crippen LogP contribution in [0.4, 0.5) is 263 Å². The summed E-state index contributed by atoms with van der Waals surface area (Å²) < 4.78 is 882. The molecule has 0 fully saturated rings. The van der Waals surface area contributed by atoms with Crippen molar-refractivity contribution in [3.05, 3.63) is 349 Å². The Hall–Kier alpha value is -9.68. The number of halogens is 60. The van der Waals surface area contributed by atoms with E-state index in [0.717, 1.165) is 0 Å². The summed E-state index contributed by atoms with van der Waals surface area (Å²) in [4.78, 5) is 0. The molecule has 0 saturated carbocycles. The third-order valence-electron chi connectivity index (χ3n) is 20.1. The number of hydrogen-bond donors (Lipinski definition) is 0. The Bertz CT molecular complexity index is 5400. The Morgan fingerprint density at radius 3 is 0.129 bits per heavy atom. The molecule has 0 spiro atoms. The smallest absolute Gasteiger partial charge is 0.207 e. The van der Waals surface area contributed by atoms with Gasteiger partial charge in [0.15, 0.2) is 209 Å². The van der Waals surface area contributed by atoms with Gasteiger partial charge in [0.25, 0.3) is 0 Å². The quantitative estimate of drug-likeness (QED) is 0.0495. The van der Waals surface area contributed by atoms with Crippen molar-refractivity contribution in [2.45, 2.75) is 0 Å². The van der Waals surface area contributed by atoms with Gasteiger partial charge in [-0.05, 0) is 0 Å². The summed E-state index contributed by atoms with van der Waals surface area (Å²) >= 11 is 0. The second-order valence-electron chi connectivity index (χ2n) is 26.4. The molecule has 12 aromatic carbocycles. The van der Waals surface area contributed by atoms with Gasteiger partial charge >= 0.3 is 81.9 Å². The Balaban J connectivity index is 0.000000315. The zero-order valence-corrected chi connectivity index (χ0v) is 80.7. The second kappa shape index (κ2) is 41.3. The SMILES string of the molecule is Fc1c(F)c(F)c([B-](c2c(F)c(F)c(F)c(F)c2F)(c2c(F)c(F)c(F)c(F)c2F)c2c(F)c(F)c(F)c(F)c2F)c(F)c1F.Fc1c(F)c(F)c([B-](c2c(F)c(F)c(F)c(F)c2F)(c2c(F)c(F)c(F)c(F)c2F)c2c(F)c(F)c(F)c(F)c2F)c(F)c1F.Fc1c(F)c(F)c([B-](c2c(F)c(F)c(F)c(F)c2F)(c2c(F)c(F)c(F)c(F)c2F)c2c(F)c(F)c(F)c(F)c2F)c(F)c1F.[Tl+].[Tl+].[Tl+].[Tl]. The van der Waals surface area contributed by atoms with Crippen LogP contribution in [0.15, 0.2) is 0 Å². The van der Waals surface area contributed by atoms with E-state index in [1.807, 2.05) is 0 Å². The van der Waals surface area contributed by atoms with E-state index in [-0.39, 0.29) is 109 Å². The number of hydrogen-bond acceptors (Lipinski definition) is 0. The van der Waals surface area contributed by atoms with Crippen LogP contribution < -0.4 is 65.6 Å². The predicted molar refractivity (Wildman–Crippen MR) is 351 cm³/mol. The molecule has 0 amide bonds. The molecule has 67 heteroatoms. The van der Waals surface area contributed by atoms with Crippen molar-refractivity contribution in [3.8, 4) is 0 Å². The minimum Gasteiger partial charge on any atom is -0.207 e. The van der Waals surface area contributed by atoms with Crippen LogP contribution >= 0.6 is 0 Å². The first-order chi connectivity index (χ1) is 62.1. The topological polar surface area (TPSA) is 0 Å². The van der Waals surface area contributed by atoms with Gasteiger partial charge in [-0.1, -0.05) is 0 Å². The van der Waals surface area contributed by atoms with Crippen molar-refractivity contribution in [2.24, 2.45) is 0 Å². The van der Waals surface area contributed by atoms with Crippen LogP contribution in [-0.4, -0.2) is 128 Å². The number of rotatable bonds is 12. The first-order valence-corrected chi connectivity index (χ1v) is 32.8. The van der Waals surface area contributed by atoms with Gasteiger partial charge in [0.05, 0.1) is 0 Å². The average molecular weight is 2850 g/mol. The zero-order valence-electron chi connectivity index (χ0n) is 62.7. The van der Waals surface area contributed by atoms with E-state index < -0.39 is 433 Å². The Kier molecular flexibility index (Phi) is 35.1. The van der Waals surface area contributed by atoms with Crippen LogP contribution in [0.25, 0.3) is 0 Å². The van der Waals surface area contributed by atoms with Crippen LogP contribution in [0.5, 0.6) is 0 Å². The van der Waals surface area contributed by atoms with Crippen molar-refractivity contribution in [3.63, 3.8) is 0 Å². The molecule has 0 nitrogen and oxygen atoms in total. The molecule has 12 rings (SSSR count). The zero-order chi connectivity index (χ0) is 103. The fourth-order valence-electron chi connectivity index (χ4n) is 14.6. The fourth-order valence-corrected chi connectivity index (χ4v) is 14.6. The monoisotopic (exact) mass is 2860 g/mol. The standard InChI is InChI=1S/3C24BF20.4Tl/c3*26-5-1(6(27)14(35)21(42)13(5)34)25(2-7(28)15(36)22(43)16(37)8(2)29,3-9(30)17(38)23(44)18(39)10(3)31)4-11(32)19(40)24(45)20(41)12(4)33;;;;/q3*-1;;3*+1. The van der Waals surface area contributed by atoms with Gasteiger partial charge in [-0.2, -0.15) is 0 Å². The molecule has 0 aliphatic carbocycles. The minimum absolute atomic E-state index is 0. The summed E-state index contributed by atoms with van der Waals surface area (Å²) in [5, 5.41) is 0. The fraction of sp³-hybridized carbons (Fsp3) is 0. The molecular formula is C72B3F60Tl4. The van der Waals surface area contributed by atoms with Crippen molar-refractivity contribution >= 4 is 193 Å². The molecular weight excluding hydrogens is 2850 g/mol. The van der Waals surface area contributed by atoms with Gasteiger partial charge < -0.3 is 0 Å². The summed E-state index contributed by atoms with van der Waals surface area (Å²) in [5.74, 6) is -214. The van der Waals surface area contributed by atoms with Crippen LogP contribution in [-0.2, 0) is 0 Å². The van der Waals surface area contributed by atoms with Crippen LogP contribution in [0.2, 0.25) is 0 Å². The Morgan fingerprint density at radius 1 is 0.0647 bits per heavy atom. The third-order valence-corrected chi connectivity index (χ3v) is 20.1. The maximum atomic E-state index is 15.4. The summed E-state index contributed by atoms with van der Waals surface area (Å²) in [7, 11) is 0. The van der Waals surface area contributed by atoms with Crippen molar-refractivity contribution in [1.82, 2.24) is 0 Å². The third kappa shape index (κ3) is 16.7. The summed E-state index contributed by atoms with van der Waals surface area (Å²) in [6, 6.07) is 0. The van der Waals surface area contributed by atoms with E-state index in [9.17, 15) is 158 Å². The van der Waals surface area contributed by atoms with Crippen LogP contribution in [0.1, 0.15) is 0 Å². The van der Waals surface area contributed by atoms with E-state index >= 15 is 105 Å². The molecule has 0 aromatic heterocycles. The van der Waals surface area contributed by atoms with E-state index in [1.54, 1.807) is 0 Å². The first kappa shape index (κ1) is 118. The maximum absolute atomic E-state index is 15.4. The van der Waals surface area contributed by atoms with Crippen molar-refractivity contribution < 1.29 is 263 Å². The molecule has 0 N–H and O–H groups in total. The predicted octanol–water partition coefficient (Wildman–Crippen LogP) is 16.0. The van der Waals surface area contributed by atoms with Gasteiger partial charge in [0.1, 0.15) is 158 Å². The van der Waals surface area contributed by atoms with Gasteiger partial charge in [0.2, 0.25) is 0 Å². The van der Waals surface area contributed by atoms with Crippen LogP contribution in [0, 0.1) is 349 Å². The maximum Gasteiger partial charge on any atom is 1.00 e. The molecule has 139 heavy (non-hydrogen) atoms. The molecule has 729 valence electrons. The molecule has 0 aliphatic heterocycles. The molecule has 0 saturated heterocycles. The van der Waals surface area contributed by atoms with E-state index in [4.69, 9.17) is 0 Å². The summed E-state index contributed by atoms with van der Waals surface area (Å²) in [6.07, 6.45) is -21.7. The van der Waals surface area contributed by atoms with Crippen molar-refractivity contribution in [2.75, 3.05) is 0 Å². The number of benzene rings is 12. The van der Waals surface area contributed by atoms with E-state index in [0.29, 0.717) is 0 Å². The molecule has 0 heterocycles. The normalized spacial score (nSPS) is 11.7. The minimum atomic E-state index is -7.22. The summed E-state index contributed by atoms with van der Waals surface area (Å²) in [6.45, 7) is 0. The second-order valence-corrected chi connectivity index (χ2v) is 26.4. The molecule has 1 radical (unpaired) electrons. The average Bonchev–Trinajstić information content (AvgIpc) is 0.687. The first-order valence-electron chi connectivity index (χ1n) is 32.8. The van der Waals surface area contributed by atoms with E-state index in [2.05, 4.69) is 0 Å². The molecule has 0 bridgehead atoms. The van der Waals surface area contributed by atoms with Gasteiger partial charge in [-0.25, -0.2) is 263 Å². The van der Waals surface area contributed by atoms with Gasteiger partial charge in [-0.15, -0.1) is 65.6 Å². The Labute approximate surface area is 800 Å². The van der Waals surface area contributed by atoms with Crippen LogP contribution in [0.3, 0.4) is 0 Å². The van der Waals surface area contributed by atoms with Crippen molar-refractivity contribution in [1.29, 1.82) is 0 Å². The Morgan fingerprint density at radius 2 is 0.0935 bits per heavy atom. The van der Waals surface area contributed by atoms with E-state index in [1.165, 1.54) is 0 Å². The molecule has 0 atom stereocenters. The largest absolute Gasteiger partial charge is 1.00 e. The summed E-state index contributed by atoms with van der Waals surface area (Å²) in [5.41, 5.74) is -43.0.